The molecule has 186 valence electrons. The van der Waals surface area contributed by atoms with Gasteiger partial charge in [0.25, 0.3) is 0 Å². The van der Waals surface area contributed by atoms with E-state index in [4.69, 9.17) is 0 Å². The number of benzene rings is 1. The Morgan fingerprint density at radius 2 is 2.09 bits per heavy atom. The zero-order chi connectivity index (χ0) is 24.9. The lowest BCUT2D eigenvalue weighted by atomic mass is 9.85. The molecule has 1 saturated heterocycles. The van der Waals surface area contributed by atoms with Gasteiger partial charge in [-0.2, -0.15) is 0 Å². The molecule has 0 unspecified atom stereocenters. The fraction of sp³-hybridized carbons (Fsp3) is 0.542. The third-order valence-corrected chi connectivity index (χ3v) is 8.04. The molecule has 1 saturated carbocycles. The summed E-state index contributed by atoms with van der Waals surface area (Å²) in [6, 6.07) is 4.50. The number of aliphatic hydroxyl groups is 1. The predicted octanol–water partition coefficient (Wildman–Crippen LogP) is 3.39. The van der Waals surface area contributed by atoms with Gasteiger partial charge in [-0.15, -0.1) is 16.4 Å². The van der Waals surface area contributed by atoms with Gasteiger partial charge >= 0.3 is 0 Å². The maximum atomic E-state index is 13.8. The molecule has 2 N–H and O–H groups in total. The van der Waals surface area contributed by atoms with E-state index in [1.807, 2.05) is 45.2 Å². The normalized spacial score (nSPS) is 21.5. The molecule has 2 aliphatic rings. The van der Waals surface area contributed by atoms with Crippen molar-refractivity contribution in [2.24, 2.45) is 5.41 Å². The average molecular weight is 562 g/mol. The molecule has 3 atom stereocenters. The molecule has 0 bridgehead atoms. The van der Waals surface area contributed by atoms with Crippen LogP contribution in [-0.4, -0.2) is 60.5 Å². The summed E-state index contributed by atoms with van der Waals surface area (Å²) in [6.45, 7) is 6.30. The minimum absolute atomic E-state index is 0.114. The van der Waals surface area contributed by atoms with Crippen molar-refractivity contribution < 1.29 is 14.7 Å². The number of fused-ring (bicyclic) bond motifs is 1. The summed E-state index contributed by atoms with van der Waals surface area (Å²) in [5.41, 5.74) is 1.31. The molecule has 3 heterocycles. The highest BCUT2D eigenvalue weighted by atomic mass is 79.9. The molecule has 1 aromatic carbocycles. The highest BCUT2D eigenvalue weighted by Gasteiger charge is 2.45. The number of carbonyl (C=O) groups is 2. The fourth-order valence-electron chi connectivity index (χ4n) is 4.63. The van der Waals surface area contributed by atoms with Gasteiger partial charge in [0, 0.05) is 29.6 Å². The van der Waals surface area contributed by atoms with Gasteiger partial charge in [0.15, 0.2) is 0 Å². The van der Waals surface area contributed by atoms with E-state index in [0.29, 0.717) is 5.92 Å². The second-order valence-corrected chi connectivity index (χ2v) is 12.5. The maximum Gasteiger partial charge on any atom is 0.248 e. The summed E-state index contributed by atoms with van der Waals surface area (Å²) in [6.07, 6.45) is 3.50. The first kappa shape index (κ1) is 24.3. The fourth-order valence-corrected chi connectivity index (χ4v) is 5.87. The Balaban J connectivity index is 1.32. The summed E-state index contributed by atoms with van der Waals surface area (Å²) >= 11 is 4.97. The number of hydrogen-bond acceptors (Lipinski definition) is 7. The molecule has 2 fully saturated rings. The number of thiazole rings is 1. The molecule has 0 radical (unpaired) electrons. The maximum absolute atomic E-state index is 13.8. The van der Waals surface area contributed by atoms with Crippen molar-refractivity contribution in [2.45, 2.75) is 70.7 Å². The minimum Gasteiger partial charge on any atom is -0.391 e. The van der Waals surface area contributed by atoms with E-state index in [1.54, 1.807) is 4.68 Å². The van der Waals surface area contributed by atoms with Gasteiger partial charge in [-0.05, 0) is 36.5 Å². The van der Waals surface area contributed by atoms with Crippen LogP contribution in [-0.2, 0) is 16.1 Å². The van der Waals surface area contributed by atoms with Crippen LogP contribution in [0.4, 0.5) is 0 Å². The van der Waals surface area contributed by atoms with E-state index < -0.39 is 23.6 Å². The number of nitrogens with zero attached hydrogens (tertiary/aromatic N) is 5. The average Bonchev–Trinajstić information content (AvgIpc) is 3.19. The molecule has 11 heteroatoms. The molecule has 0 spiro atoms. The standard InChI is InChI=1S/C24H29BrN6O3S/c1-24(2,3)21(31-12-17(28-29-31)13-4-5-13)23(34)30-11-15(32)9-18(30)22(33)26-10-20-27-16-8-14(25)6-7-19(16)35-20/h6-8,12-13,15,18,21,32H,4-5,9-11H2,1-3H3,(H,26,33)/t15-,18+,21-/m1/s1. The van der Waals surface area contributed by atoms with Crippen LogP contribution >= 0.6 is 27.3 Å². The number of nitrogens with one attached hydrogen (secondary N) is 1. The number of likely N-dealkylation sites (tertiary alicyclic amines) is 1. The first-order valence-corrected chi connectivity index (χ1v) is 13.4. The lowest BCUT2D eigenvalue weighted by Crippen LogP contribution is -2.50. The van der Waals surface area contributed by atoms with Crippen molar-refractivity contribution in [3.8, 4) is 0 Å². The number of rotatable bonds is 6. The van der Waals surface area contributed by atoms with Crippen molar-refractivity contribution in [3.05, 3.63) is 39.6 Å². The zero-order valence-corrected chi connectivity index (χ0v) is 22.3. The third kappa shape index (κ3) is 5.12. The molecule has 1 aliphatic heterocycles. The quantitative estimate of drug-likeness (QED) is 0.477. The lowest BCUT2D eigenvalue weighted by molar-refractivity contribution is -0.144. The summed E-state index contributed by atoms with van der Waals surface area (Å²) in [7, 11) is 0. The van der Waals surface area contributed by atoms with Crippen LogP contribution in [0.5, 0.6) is 0 Å². The van der Waals surface area contributed by atoms with E-state index >= 15 is 0 Å². The zero-order valence-electron chi connectivity index (χ0n) is 19.9. The van der Waals surface area contributed by atoms with E-state index in [0.717, 1.165) is 38.2 Å². The van der Waals surface area contributed by atoms with Crippen LogP contribution in [0.25, 0.3) is 10.2 Å². The van der Waals surface area contributed by atoms with Gasteiger partial charge in [0.1, 0.15) is 17.1 Å². The Hall–Kier alpha value is -2.37. The van der Waals surface area contributed by atoms with Crippen molar-refractivity contribution in [2.75, 3.05) is 6.54 Å². The molecule has 3 aromatic rings. The Kier molecular flexibility index (Phi) is 6.43. The minimum atomic E-state index is -0.757. The largest absolute Gasteiger partial charge is 0.391 e. The number of amides is 2. The summed E-state index contributed by atoms with van der Waals surface area (Å²) in [5.74, 6) is -0.0956. The molecule has 9 nitrogen and oxygen atoms in total. The van der Waals surface area contributed by atoms with Gasteiger partial charge in [-0.3, -0.25) is 9.59 Å². The lowest BCUT2D eigenvalue weighted by Gasteiger charge is -2.34. The van der Waals surface area contributed by atoms with Crippen molar-refractivity contribution in [1.29, 1.82) is 0 Å². The van der Waals surface area contributed by atoms with Crippen LogP contribution < -0.4 is 5.32 Å². The number of aliphatic hydroxyl groups excluding tert-OH is 1. The number of aromatic nitrogens is 4. The molecule has 5 rings (SSSR count). The van der Waals surface area contributed by atoms with Crippen LogP contribution in [0, 0.1) is 5.41 Å². The van der Waals surface area contributed by atoms with Crippen LogP contribution in [0.3, 0.4) is 0 Å². The van der Waals surface area contributed by atoms with Crippen molar-refractivity contribution in [3.63, 3.8) is 0 Å². The second kappa shape index (κ2) is 9.25. The monoisotopic (exact) mass is 560 g/mol. The highest BCUT2D eigenvalue weighted by Crippen LogP contribution is 2.40. The van der Waals surface area contributed by atoms with Gasteiger partial charge < -0.3 is 15.3 Å². The summed E-state index contributed by atoms with van der Waals surface area (Å²) in [5, 5.41) is 22.7. The molecular formula is C24H29BrN6O3S. The predicted molar refractivity (Wildman–Crippen MR) is 136 cm³/mol. The van der Waals surface area contributed by atoms with E-state index in [1.165, 1.54) is 16.2 Å². The smallest absolute Gasteiger partial charge is 0.248 e. The molecule has 35 heavy (non-hydrogen) atoms. The van der Waals surface area contributed by atoms with E-state index in [9.17, 15) is 14.7 Å². The Labute approximate surface area is 216 Å². The number of halogens is 1. The van der Waals surface area contributed by atoms with Crippen molar-refractivity contribution in [1.82, 2.24) is 30.2 Å². The van der Waals surface area contributed by atoms with Gasteiger partial charge in [0.05, 0.1) is 28.6 Å². The topological polar surface area (TPSA) is 113 Å². The van der Waals surface area contributed by atoms with E-state index in [-0.39, 0.29) is 31.3 Å². The van der Waals surface area contributed by atoms with Crippen molar-refractivity contribution >= 4 is 49.3 Å². The van der Waals surface area contributed by atoms with Crippen LogP contribution in [0.15, 0.2) is 28.9 Å². The first-order valence-electron chi connectivity index (χ1n) is 11.8. The molecule has 2 amide bonds. The molecule has 2 aromatic heterocycles. The third-order valence-electron chi connectivity index (χ3n) is 6.51. The molecule has 1 aliphatic carbocycles. The number of β-amino-alcohol motifs (C(OH)–C–C–N with tert-alkyl or cyclic N) is 1. The summed E-state index contributed by atoms with van der Waals surface area (Å²) < 4.78 is 3.62. The second-order valence-electron chi connectivity index (χ2n) is 10.5. The van der Waals surface area contributed by atoms with Gasteiger partial charge in [0.2, 0.25) is 11.8 Å². The SMILES string of the molecule is CC(C)(C)[C@@H](C(=O)N1C[C@H](O)C[C@H]1C(=O)NCc1nc2cc(Br)ccc2s1)n1cc(C2CC2)nn1. The Bertz CT molecular complexity index is 1260. The molecular weight excluding hydrogens is 532 g/mol. The first-order chi connectivity index (χ1) is 16.6. The number of carbonyl (C=O) groups excluding carboxylic acids is 2. The Morgan fingerprint density at radius 1 is 1.31 bits per heavy atom. The van der Waals surface area contributed by atoms with Gasteiger partial charge in [-0.1, -0.05) is 41.9 Å². The van der Waals surface area contributed by atoms with E-state index in [2.05, 4.69) is 36.5 Å². The Morgan fingerprint density at radius 3 is 2.80 bits per heavy atom. The summed E-state index contributed by atoms with van der Waals surface area (Å²) in [4.78, 5) is 33.1. The van der Waals surface area contributed by atoms with Crippen LogP contribution in [0.1, 0.15) is 62.7 Å². The number of hydrogen-bond donors (Lipinski definition) is 2. The van der Waals surface area contributed by atoms with Crippen LogP contribution in [0.2, 0.25) is 0 Å². The van der Waals surface area contributed by atoms with Gasteiger partial charge in [-0.25, -0.2) is 9.67 Å². The highest BCUT2D eigenvalue weighted by molar-refractivity contribution is 9.10.